The number of hydrogen-bond donors (Lipinski definition) is 1. The molecular formula is C22H23N3O2. The van der Waals surface area contributed by atoms with Gasteiger partial charge in [0.15, 0.2) is 11.5 Å². The topological polar surface area (TPSA) is 50.4 Å². The Kier molecular flexibility index (Phi) is 4.30. The second-order valence-corrected chi connectivity index (χ2v) is 7.22. The third-order valence-corrected chi connectivity index (χ3v) is 5.49. The Labute approximate surface area is 158 Å². The fourth-order valence-electron chi connectivity index (χ4n) is 4.11. The molecule has 2 aromatic carbocycles. The molecule has 138 valence electrons. The van der Waals surface area contributed by atoms with Crippen molar-refractivity contribution in [2.24, 2.45) is 0 Å². The summed E-state index contributed by atoms with van der Waals surface area (Å²) in [5.41, 5.74) is 4.98. The van der Waals surface area contributed by atoms with Crippen LogP contribution in [0.5, 0.6) is 11.5 Å². The van der Waals surface area contributed by atoms with Crippen LogP contribution >= 0.6 is 0 Å². The molecule has 1 saturated heterocycles. The predicted molar refractivity (Wildman–Crippen MR) is 104 cm³/mol. The minimum Gasteiger partial charge on any atom is -0.486 e. The van der Waals surface area contributed by atoms with Gasteiger partial charge in [0.05, 0.1) is 6.20 Å². The van der Waals surface area contributed by atoms with Crippen LogP contribution in [0.3, 0.4) is 0 Å². The van der Waals surface area contributed by atoms with Crippen molar-refractivity contribution in [3.8, 4) is 22.6 Å². The molecule has 27 heavy (non-hydrogen) atoms. The molecule has 3 heterocycles. The van der Waals surface area contributed by atoms with E-state index in [-0.39, 0.29) is 0 Å². The molecule has 0 spiro atoms. The average Bonchev–Trinajstić information content (AvgIpc) is 3.40. The molecule has 2 aliphatic rings. The Hall–Kier alpha value is -2.79. The first kappa shape index (κ1) is 16.4. The number of H-pyrrole nitrogens is 1. The van der Waals surface area contributed by atoms with Crippen molar-refractivity contribution in [1.29, 1.82) is 0 Å². The van der Waals surface area contributed by atoms with Crippen molar-refractivity contribution in [3.05, 3.63) is 66.0 Å². The van der Waals surface area contributed by atoms with Crippen LogP contribution in [-0.2, 0) is 6.54 Å². The molecule has 1 aromatic heterocycles. The number of nitrogens with zero attached hydrogens (tertiary/aromatic N) is 2. The molecular weight excluding hydrogens is 338 g/mol. The molecule has 1 N–H and O–H groups in total. The van der Waals surface area contributed by atoms with Gasteiger partial charge in [0, 0.05) is 24.3 Å². The minimum absolute atomic E-state index is 0.439. The number of hydrogen-bond acceptors (Lipinski definition) is 4. The van der Waals surface area contributed by atoms with E-state index >= 15 is 0 Å². The second kappa shape index (κ2) is 7.08. The van der Waals surface area contributed by atoms with Crippen LogP contribution in [-0.4, -0.2) is 34.9 Å². The quantitative estimate of drug-likeness (QED) is 0.757. The van der Waals surface area contributed by atoms with Crippen LogP contribution in [0, 0.1) is 0 Å². The van der Waals surface area contributed by atoms with E-state index in [9.17, 15) is 0 Å². The van der Waals surface area contributed by atoms with E-state index in [0.717, 1.165) is 30.2 Å². The highest BCUT2D eigenvalue weighted by molar-refractivity contribution is 5.61. The Balaban J connectivity index is 1.33. The van der Waals surface area contributed by atoms with Gasteiger partial charge in [0.2, 0.25) is 0 Å². The summed E-state index contributed by atoms with van der Waals surface area (Å²) in [6.07, 6.45) is 6.19. The molecule has 5 heteroatoms. The molecule has 0 unspecified atom stereocenters. The van der Waals surface area contributed by atoms with Crippen molar-refractivity contribution >= 4 is 0 Å². The zero-order valence-corrected chi connectivity index (χ0v) is 15.2. The van der Waals surface area contributed by atoms with E-state index in [0.29, 0.717) is 19.3 Å². The molecule has 0 radical (unpaired) electrons. The fraction of sp³-hybridized carbons (Fsp3) is 0.318. The molecule has 5 nitrogen and oxygen atoms in total. The maximum atomic E-state index is 5.77. The molecule has 1 fully saturated rings. The highest BCUT2D eigenvalue weighted by Crippen LogP contribution is 2.38. The summed E-state index contributed by atoms with van der Waals surface area (Å²) in [5.74, 6) is 1.75. The van der Waals surface area contributed by atoms with Crippen molar-refractivity contribution in [3.63, 3.8) is 0 Å². The molecule has 0 saturated carbocycles. The lowest BCUT2D eigenvalue weighted by molar-refractivity contribution is 0.170. The lowest BCUT2D eigenvalue weighted by atomic mass is 10.0. The SMILES string of the molecule is c1cc(-c2cn[nH]c2)ccc1CN1CCC[C@H]1c1ccc2c(c1)OCCO2. The standard InChI is InChI=1S/C22H23N3O2/c1-2-20(18-7-8-21-22(12-18)27-11-10-26-21)25(9-1)15-16-3-5-17(6-4-16)19-13-23-24-14-19/h3-8,12-14,20H,1-2,9-11,15H2,(H,23,24)/t20-/m0/s1. The van der Waals surface area contributed by atoms with Gasteiger partial charge in [-0.2, -0.15) is 5.10 Å². The summed E-state index contributed by atoms with van der Waals surface area (Å²) in [6, 6.07) is 15.7. The van der Waals surface area contributed by atoms with Crippen LogP contribution in [0.2, 0.25) is 0 Å². The van der Waals surface area contributed by atoms with Crippen LogP contribution in [0.4, 0.5) is 0 Å². The highest BCUT2D eigenvalue weighted by atomic mass is 16.6. The number of benzene rings is 2. The van der Waals surface area contributed by atoms with E-state index in [2.05, 4.69) is 57.6 Å². The Morgan fingerprint density at radius 3 is 2.67 bits per heavy atom. The number of aromatic amines is 1. The number of fused-ring (bicyclic) bond motifs is 1. The number of rotatable bonds is 4. The normalized spacial score (nSPS) is 19.3. The smallest absolute Gasteiger partial charge is 0.161 e. The second-order valence-electron chi connectivity index (χ2n) is 7.22. The minimum atomic E-state index is 0.439. The van der Waals surface area contributed by atoms with Crippen LogP contribution < -0.4 is 9.47 Å². The van der Waals surface area contributed by atoms with Crippen LogP contribution in [0.15, 0.2) is 54.9 Å². The first-order valence-corrected chi connectivity index (χ1v) is 9.58. The molecule has 5 rings (SSSR count). The lowest BCUT2D eigenvalue weighted by Crippen LogP contribution is -2.23. The molecule has 0 amide bonds. The summed E-state index contributed by atoms with van der Waals surface area (Å²) >= 11 is 0. The van der Waals surface area contributed by atoms with Gasteiger partial charge in [0.1, 0.15) is 13.2 Å². The van der Waals surface area contributed by atoms with Crippen molar-refractivity contribution < 1.29 is 9.47 Å². The van der Waals surface area contributed by atoms with Gasteiger partial charge in [0.25, 0.3) is 0 Å². The maximum Gasteiger partial charge on any atom is 0.161 e. The molecule has 2 aliphatic heterocycles. The van der Waals surface area contributed by atoms with E-state index in [1.807, 2.05) is 12.4 Å². The number of ether oxygens (including phenoxy) is 2. The van der Waals surface area contributed by atoms with Gasteiger partial charge in [-0.25, -0.2) is 0 Å². The fourth-order valence-corrected chi connectivity index (χ4v) is 4.11. The monoisotopic (exact) mass is 361 g/mol. The summed E-state index contributed by atoms with van der Waals surface area (Å²) < 4.78 is 11.4. The van der Waals surface area contributed by atoms with Gasteiger partial charge in [-0.1, -0.05) is 30.3 Å². The third kappa shape index (κ3) is 3.30. The Morgan fingerprint density at radius 1 is 1.00 bits per heavy atom. The first-order chi connectivity index (χ1) is 13.4. The summed E-state index contributed by atoms with van der Waals surface area (Å²) in [5, 5.41) is 6.90. The van der Waals surface area contributed by atoms with Crippen molar-refractivity contribution in [2.45, 2.75) is 25.4 Å². The summed E-state index contributed by atoms with van der Waals surface area (Å²) in [6.45, 7) is 3.36. The average molecular weight is 361 g/mol. The van der Waals surface area contributed by atoms with Crippen LogP contribution in [0.25, 0.3) is 11.1 Å². The number of aromatic nitrogens is 2. The maximum absolute atomic E-state index is 5.77. The van der Waals surface area contributed by atoms with E-state index in [4.69, 9.17) is 9.47 Å². The van der Waals surface area contributed by atoms with Gasteiger partial charge in [-0.3, -0.25) is 10.00 Å². The lowest BCUT2D eigenvalue weighted by Gasteiger charge is -2.26. The molecule has 3 aromatic rings. The zero-order chi connectivity index (χ0) is 18.1. The summed E-state index contributed by atoms with van der Waals surface area (Å²) in [7, 11) is 0. The van der Waals surface area contributed by atoms with Gasteiger partial charge < -0.3 is 9.47 Å². The Morgan fingerprint density at radius 2 is 1.85 bits per heavy atom. The predicted octanol–water partition coefficient (Wildman–Crippen LogP) is 4.19. The van der Waals surface area contributed by atoms with E-state index in [1.54, 1.807) is 0 Å². The zero-order valence-electron chi connectivity index (χ0n) is 15.2. The van der Waals surface area contributed by atoms with E-state index in [1.165, 1.54) is 29.5 Å². The van der Waals surface area contributed by atoms with Crippen molar-refractivity contribution in [2.75, 3.05) is 19.8 Å². The highest BCUT2D eigenvalue weighted by Gasteiger charge is 2.27. The van der Waals surface area contributed by atoms with Gasteiger partial charge in [-0.15, -0.1) is 0 Å². The summed E-state index contributed by atoms with van der Waals surface area (Å²) in [4.78, 5) is 2.57. The number of nitrogens with one attached hydrogen (secondary N) is 1. The Bertz CT molecular complexity index is 906. The van der Waals surface area contributed by atoms with Crippen molar-refractivity contribution in [1.82, 2.24) is 15.1 Å². The molecule has 0 bridgehead atoms. The van der Waals surface area contributed by atoms with Crippen LogP contribution in [0.1, 0.15) is 30.0 Å². The van der Waals surface area contributed by atoms with E-state index < -0.39 is 0 Å². The third-order valence-electron chi connectivity index (χ3n) is 5.49. The molecule has 0 aliphatic carbocycles. The molecule has 1 atom stereocenters. The van der Waals surface area contributed by atoms with Gasteiger partial charge in [-0.05, 0) is 48.2 Å². The van der Waals surface area contributed by atoms with Gasteiger partial charge >= 0.3 is 0 Å². The first-order valence-electron chi connectivity index (χ1n) is 9.58. The number of likely N-dealkylation sites (tertiary alicyclic amines) is 1. The largest absolute Gasteiger partial charge is 0.486 e.